The molecule has 0 saturated carbocycles. The summed E-state index contributed by atoms with van der Waals surface area (Å²) in [7, 11) is 1.29. The van der Waals surface area contributed by atoms with Gasteiger partial charge >= 0.3 is 11.9 Å². The highest BCUT2D eigenvalue weighted by atomic mass is 32.1. The molecular formula is C32H26N2O8S. The van der Waals surface area contributed by atoms with Crippen LogP contribution in [0.15, 0.2) is 88.2 Å². The monoisotopic (exact) mass is 598 g/mol. The van der Waals surface area contributed by atoms with Crippen molar-refractivity contribution in [3.63, 3.8) is 0 Å². The number of ether oxygens (including phenoxy) is 5. The summed E-state index contributed by atoms with van der Waals surface area (Å²) in [5, 5.41) is 0. The van der Waals surface area contributed by atoms with Crippen LogP contribution in [-0.4, -0.2) is 43.6 Å². The van der Waals surface area contributed by atoms with Gasteiger partial charge in [-0.15, -0.1) is 0 Å². The predicted molar refractivity (Wildman–Crippen MR) is 158 cm³/mol. The first-order chi connectivity index (χ1) is 21.0. The van der Waals surface area contributed by atoms with Crippen molar-refractivity contribution in [3.05, 3.63) is 115 Å². The van der Waals surface area contributed by atoms with Gasteiger partial charge in [-0.3, -0.25) is 9.36 Å². The first kappa shape index (κ1) is 28.0. The number of esters is 2. The number of carbonyl (C=O) groups is 2. The van der Waals surface area contributed by atoms with Gasteiger partial charge < -0.3 is 23.7 Å². The number of hydrogen-bond donors (Lipinski definition) is 0. The van der Waals surface area contributed by atoms with Crippen molar-refractivity contribution in [2.45, 2.75) is 13.0 Å². The number of hydrogen-bond acceptors (Lipinski definition) is 10. The Labute approximate surface area is 249 Å². The highest BCUT2D eigenvalue weighted by Gasteiger charge is 2.36. The molecule has 3 heterocycles. The second-order valence-corrected chi connectivity index (χ2v) is 10.5. The molecular weight excluding hydrogens is 572 g/mol. The minimum Gasteiger partial charge on any atom is -0.482 e. The van der Waals surface area contributed by atoms with Crippen molar-refractivity contribution in [1.82, 2.24) is 4.57 Å². The van der Waals surface area contributed by atoms with Crippen molar-refractivity contribution in [1.29, 1.82) is 0 Å². The Morgan fingerprint density at radius 2 is 1.81 bits per heavy atom. The van der Waals surface area contributed by atoms with Gasteiger partial charge in [-0.25, -0.2) is 14.6 Å². The van der Waals surface area contributed by atoms with E-state index in [0.29, 0.717) is 37.8 Å². The van der Waals surface area contributed by atoms with E-state index in [4.69, 9.17) is 23.9 Å². The van der Waals surface area contributed by atoms with E-state index in [1.54, 1.807) is 49.4 Å². The predicted octanol–water partition coefficient (Wildman–Crippen LogP) is 3.22. The van der Waals surface area contributed by atoms with Crippen LogP contribution >= 0.6 is 11.3 Å². The molecule has 6 rings (SSSR count). The van der Waals surface area contributed by atoms with E-state index in [-0.39, 0.29) is 31.1 Å². The van der Waals surface area contributed by atoms with Gasteiger partial charge in [0.2, 0.25) is 6.79 Å². The minimum atomic E-state index is -0.837. The van der Waals surface area contributed by atoms with E-state index in [0.717, 1.165) is 11.1 Å². The number of rotatable bonds is 8. The quantitative estimate of drug-likeness (QED) is 0.284. The Morgan fingerprint density at radius 3 is 2.56 bits per heavy atom. The van der Waals surface area contributed by atoms with Crippen LogP contribution in [0, 0.1) is 0 Å². The molecule has 11 heteroatoms. The Hall–Kier alpha value is -5.16. The average molecular weight is 599 g/mol. The molecule has 1 unspecified atom stereocenters. The maximum absolute atomic E-state index is 14.1. The number of methoxy groups -OCH3 is 1. The van der Waals surface area contributed by atoms with Crippen molar-refractivity contribution >= 4 is 35.0 Å². The van der Waals surface area contributed by atoms with Gasteiger partial charge in [0.05, 0.1) is 35.6 Å². The minimum absolute atomic E-state index is 0.0872. The van der Waals surface area contributed by atoms with Crippen molar-refractivity contribution < 1.29 is 33.3 Å². The summed E-state index contributed by atoms with van der Waals surface area (Å²) in [6.45, 7) is 1.77. The zero-order chi connectivity index (χ0) is 29.9. The molecule has 2 aliphatic rings. The Kier molecular flexibility index (Phi) is 7.80. The van der Waals surface area contributed by atoms with E-state index in [1.807, 2.05) is 36.4 Å². The zero-order valence-corrected chi connectivity index (χ0v) is 24.1. The number of carbonyl (C=O) groups excluding carboxylic acids is 2. The summed E-state index contributed by atoms with van der Waals surface area (Å²) in [4.78, 5) is 44.3. The van der Waals surface area contributed by atoms with Gasteiger partial charge in [-0.05, 0) is 48.4 Å². The SMILES string of the molecule is CCOC(=O)C1=C(c2ccccc2)N=c2s/c(=C\c3ccc(OCC(=O)OC)cc3)c(=O)n2C1c1ccc2c(c1)OCO2. The molecule has 4 aromatic rings. The van der Waals surface area contributed by atoms with E-state index >= 15 is 0 Å². The van der Waals surface area contributed by atoms with Crippen LogP contribution in [0.1, 0.15) is 29.7 Å². The maximum Gasteiger partial charge on any atom is 0.343 e. The summed E-state index contributed by atoms with van der Waals surface area (Å²) < 4.78 is 28.6. The molecule has 1 atom stereocenters. The third kappa shape index (κ3) is 5.54. The van der Waals surface area contributed by atoms with E-state index < -0.39 is 18.0 Å². The largest absolute Gasteiger partial charge is 0.482 e. The molecule has 2 aliphatic heterocycles. The molecule has 0 saturated heterocycles. The number of fused-ring (bicyclic) bond motifs is 2. The Bertz CT molecular complexity index is 1910. The molecule has 218 valence electrons. The summed E-state index contributed by atoms with van der Waals surface area (Å²) >= 11 is 1.22. The van der Waals surface area contributed by atoms with E-state index in [1.165, 1.54) is 23.0 Å². The van der Waals surface area contributed by atoms with Crippen LogP contribution in [0.4, 0.5) is 0 Å². The first-order valence-electron chi connectivity index (χ1n) is 13.4. The van der Waals surface area contributed by atoms with Crippen LogP contribution in [0.25, 0.3) is 11.8 Å². The highest BCUT2D eigenvalue weighted by molar-refractivity contribution is 7.07. The van der Waals surface area contributed by atoms with Gasteiger partial charge in [0.25, 0.3) is 5.56 Å². The third-order valence-corrected chi connectivity index (χ3v) is 7.83. The number of nitrogens with zero attached hydrogens (tertiary/aromatic N) is 2. The van der Waals surface area contributed by atoms with E-state index in [2.05, 4.69) is 4.74 Å². The highest BCUT2D eigenvalue weighted by Crippen LogP contribution is 2.40. The fraction of sp³-hybridized carbons (Fsp3) is 0.188. The molecule has 0 fully saturated rings. The number of benzene rings is 3. The molecule has 43 heavy (non-hydrogen) atoms. The molecule has 0 spiro atoms. The second-order valence-electron chi connectivity index (χ2n) is 9.48. The summed E-state index contributed by atoms with van der Waals surface area (Å²) in [5.41, 5.74) is 2.47. The van der Waals surface area contributed by atoms with Crippen LogP contribution in [0.2, 0.25) is 0 Å². The Balaban J connectivity index is 1.51. The lowest BCUT2D eigenvalue weighted by Gasteiger charge is -2.26. The lowest BCUT2D eigenvalue weighted by molar-refractivity contribution is -0.143. The fourth-order valence-corrected chi connectivity index (χ4v) is 5.85. The normalized spacial score (nSPS) is 15.5. The van der Waals surface area contributed by atoms with Gasteiger partial charge in [0.1, 0.15) is 5.75 Å². The molecule has 0 N–H and O–H groups in total. The second kappa shape index (κ2) is 12.0. The van der Waals surface area contributed by atoms with Crippen LogP contribution < -0.4 is 29.1 Å². The van der Waals surface area contributed by atoms with Crippen molar-refractivity contribution in [2.24, 2.45) is 4.99 Å². The summed E-state index contributed by atoms with van der Waals surface area (Å²) in [6, 6.07) is 20.8. The molecule has 1 aromatic heterocycles. The molecule has 3 aromatic carbocycles. The van der Waals surface area contributed by atoms with Crippen molar-refractivity contribution in [2.75, 3.05) is 27.1 Å². The summed E-state index contributed by atoms with van der Waals surface area (Å²) in [6.07, 6.45) is 1.75. The lowest BCUT2D eigenvalue weighted by Crippen LogP contribution is -2.40. The Morgan fingerprint density at radius 1 is 1.05 bits per heavy atom. The van der Waals surface area contributed by atoms with Gasteiger partial charge in [-0.1, -0.05) is 59.9 Å². The van der Waals surface area contributed by atoms with Gasteiger partial charge in [0.15, 0.2) is 22.9 Å². The third-order valence-electron chi connectivity index (χ3n) is 6.85. The maximum atomic E-state index is 14.1. The fourth-order valence-electron chi connectivity index (χ4n) is 4.85. The number of thiazole rings is 1. The lowest BCUT2D eigenvalue weighted by atomic mass is 9.93. The van der Waals surface area contributed by atoms with Crippen molar-refractivity contribution in [3.8, 4) is 17.2 Å². The zero-order valence-electron chi connectivity index (χ0n) is 23.3. The molecule has 10 nitrogen and oxygen atoms in total. The molecule has 0 bridgehead atoms. The van der Waals surface area contributed by atoms with Crippen LogP contribution in [-0.2, 0) is 19.1 Å². The van der Waals surface area contributed by atoms with Gasteiger partial charge in [0, 0.05) is 5.56 Å². The molecule has 0 aliphatic carbocycles. The van der Waals surface area contributed by atoms with E-state index in [9.17, 15) is 14.4 Å². The molecule has 0 amide bonds. The van der Waals surface area contributed by atoms with Crippen LogP contribution in [0.5, 0.6) is 17.2 Å². The smallest absolute Gasteiger partial charge is 0.343 e. The van der Waals surface area contributed by atoms with Gasteiger partial charge in [-0.2, -0.15) is 0 Å². The van der Waals surface area contributed by atoms with Crippen LogP contribution in [0.3, 0.4) is 0 Å². The number of aromatic nitrogens is 1. The average Bonchev–Trinajstić information content (AvgIpc) is 3.63. The summed E-state index contributed by atoms with van der Waals surface area (Å²) in [5.74, 6) is 0.540. The first-order valence-corrected chi connectivity index (χ1v) is 14.3. The molecule has 0 radical (unpaired) electrons. The topological polar surface area (TPSA) is 115 Å². The standard InChI is InChI=1S/C32H26N2O8S/c1-3-39-31(37)27-28(20-7-5-4-6-8-20)33-32-34(29(27)21-11-14-23-24(16-21)42-18-41-23)30(36)25(43-32)15-19-9-12-22(13-10-19)40-17-26(35)38-2/h4-16,29H,3,17-18H2,1-2H3/b25-15-.